The molecule has 4 aromatic rings. The second kappa shape index (κ2) is 7.83. The normalized spacial score (nSPS) is 11.1. The third kappa shape index (κ3) is 3.52. The number of fused-ring (bicyclic) bond motifs is 1. The molecule has 0 saturated carbocycles. The molecule has 0 aliphatic heterocycles. The van der Waals surface area contributed by atoms with Crippen molar-refractivity contribution in [2.45, 2.75) is 13.3 Å². The molecule has 7 heteroatoms. The zero-order chi connectivity index (χ0) is 22.3. The molecule has 0 bridgehead atoms. The monoisotopic (exact) mass is 425 g/mol. The molecule has 31 heavy (non-hydrogen) atoms. The van der Waals surface area contributed by atoms with Gasteiger partial charge >= 0.3 is 0 Å². The molecular formula is C24H15F4NO2. The van der Waals surface area contributed by atoms with E-state index < -0.39 is 40.0 Å². The summed E-state index contributed by atoms with van der Waals surface area (Å²) >= 11 is 0. The molecule has 0 atom stereocenters. The third-order valence-corrected chi connectivity index (χ3v) is 5.05. The molecule has 0 aliphatic rings. The van der Waals surface area contributed by atoms with Crippen LogP contribution in [0.15, 0.2) is 65.6 Å². The van der Waals surface area contributed by atoms with Crippen LogP contribution in [0.25, 0.3) is 27.9 Å². The number of halogens is 4. The van der Waals surface area contributed by atoms with Crippen molar-refractivity contribution in [2.24, 2.45) is 0 Å². The summed E-state index contributed by atoms with van der Waals surface area (Å²) in [5.74, 6) is -4.12. The van der Waals surface area contributed by atoms with Gasteiger partial charge in [0, 0.05) is 35.9 Å². The minimum atomic E-state index is -1.06. The number of carbonyl (C=O) groups is 1. The van der Waals surface area contributed by atoms with E-state index >= 15 is 0 Å². The summed E-state index contributed by atoms with van der Waals surface area (Å²) in [6.45, 7) is 1.57. The molecule has 2 heterocycles. The second-order valence-electron chi connectivity index (χ2n) is 6.94. The SMILES string of the molecule is CCC(=O)c1cc(F)c(-c2c(=O)ccn3c(-c4ccc(F)cc4F)cccc23)c(F)c1. The van der Waals surface area contributed by atoms with E-state index in [2.05, 4.69) is 0 Å². The Morgan fingerprint density at radius 2 is 1.58 bits per heavy atom. The minimum absolute atomic E-state index is 0.0476. The predicted molar refractivity (Wildman–Crippen MR) is 109 cm³/mol. The van der Waals surface area contributed by atoms with E-state index in [0.29, 0.717) is 0 Å². The fourth-order valence-corrected chi connectivity index (χ4v) is 3.58. The van der Waals surface area contributed by atoms with Gasteiger partial charge in [-0.2, -0.15) is 0 Å². The summed E-state index contributed by atoms with van der Waals surface area (Å²) < 4.78 is 58.9. The zero-order valence-electron chi connectivity index (χ0n) is 16.3. The van der Waals surface area contributed by atoms with Crippen LogP contribution in [0.4, 0.5) is 17.6 Å². The molecule has 0 N–H and O–H groups in total. The number of hydrogen-bond acceptors (Lipinski definition) is 2. The fraction of sp³-hybridized carbons (Fsp3) is 0.0833. The van der Waals surface area contributed by atoms with Gasteiger partial charge in [-0.05, 0) is 36.4 Å². The lowest BCUT2D eigenvalue weighted by atomic mass is 9.98. The number of ketones is 1. The van der Waals surface area contributed by atoms with Gasteiger partial charge in [-0.25, -0.2) is 17.6 Å². The topological polar surface area (TPSA) is 38.5 Å². The van der Waals surface area contributed by atoms with Gasteiger partial charge in [0.05, 0.1) is 22.3 Å². The number of nitrogens with zero attached hydrogens (tertiary/aromatic N) is 1. The first-order valence-electron chi connectivity index (χ1n) is 9.44. The Bertz CT molecular complexity index is 1390. The Hall–Kier alpha value is -3.74. The summed E-state index contributed by atoms with van der Waals surface area (Å²) in [5.41, 5.74) is -1.19. The van der Waals surface area contributed by atoms with E-state index in [1.807, 2.05) is 0 Å². The van der Waals surface area contributed by atoms with E-state index in [1.165, 1.54) is 34.9 Å². The number of carbonyl (C=O) groups excluding carboxylic acids is 1. The first kappa shape index (κ1) is 20.5. The molecule has 0 saturated heterocycles. The highest BCUT2D eigenvalue weighted by Gasteiger charge is 2.21. The van der Waals surface area contributed by atoms with Crippen LogP contribution in [0, 0.1) is 23.3 Å². The summed E-state index contributed by atoms with van der Waals surface area (Å²) in [6.07, 6.45) is 1.42. The number of Topliss-reactive ketones (excluding diaryl/α,β-unsaturated/α-hetero) is 1. The largest absolute Gasteiger partial charge is 0.316 e. The summed E-state index contributed by atoms with van der Waals surface area (Å²) in [6, 6.07) is 10.5. The van der Waals surface area contributed by atoms with Gasteiger partial charge in [0.2, 0.25) is 0 Å². The Morgan fingerprint density at radius 1 is 0.871 bits per heavy atom. The van der Waals surface area contributed by atoms with Gasteiger partial charge < -0.3 is 4.40 Å². The molecule has 0 amide bonds. The van der Waals surface area contributed by atoms with Crippen LogP contribution in [0.3, 0.4) is 0 Å². The lowest BCUT2D eigenvalue weighted by Crippen LogP contribution is -2.11. The van der Waals surface area contributed by atoms with Gasteiger partial charge in [0.1, 0.15) is 23.3 Å². The van der Waals surface area contributed by atoms with E-state index in [1.54, 1.807) is 6.92 Å². The van der Waals surface area contributed by atoms with Gasteiger partial charge in [0.15, 0.2) is 11.2 Å². The van der Waals surface area contributed by atoms with Crippen LogP contribution in [0.2, 0.25) is 0 Å². The van der Waals surface area contributed by atoms with Crippen molar-refractivity contribution < 1.29 is 22.4 Å². The molecule has 4 rings (SSSR count). The zero-order valence-corrected chi connectivity index (χ0v) is 16.3. The molecule has 0 aliphatic carbocycles. The highest BCUT2D eigenvalue weighted by atomic mass is 19.1. The second-order valence-corrected chi connectivity index (χ2v) is 6.94. The quantitative estimate of drug-likeness (QED) is 0.307. The number of hydrogen-bond donors (Lipinski definition) is 0. The third-order valence-electron chi connectivity index (χ3n) is 5.05. The number of pyridine rings is 2. The number of benzene rings is 2. The standard InChI is InChI=1S/C24H15F4NO2/c1-2-21(30)13-10-17(27)23(18(28)11-13)24-20-5-3-4-19(29(20)9-8-22(24)31)15-7-6-14(25)12-16(15)26/h3-12H,2H2,1H3. The molecule has 0 spiro atoms. The fourth-order valence-electron chi connectivity index (χ4n) is 3.58. The van der Waals surface area contributed by atoms with Crippen molar-refractivity contribution in [1.82, 2.24) is 4.40 Å². The van der Waals surface area contributed by atoms with E-state index in [9.17, 15) is 27.2 Å². The maximum Gasteiger partial charge on any atom is 0.190 e. The predicted octanol–water partition coefficient (Wildman–Crippen LogP) is 5.78. The average Bonchev–Trinajstić information content (AvgIpc) is 2.73. The summed E-state index contributed by atoms with van der Waals surface area (Å²) in [7, 11) is 0. The first-order chi connectivity index (χ1) is 14.8. The van der Waals surface area contributed by atoms with Crippen LogP contribution < -0.4 is 5.43 Å². The molecule has 0 radical (unpaired) electrons. The van der Waals surface area contributed by atoms with Crippen molar-refractivity contribution >= 4 is 11.3 Å². The van der Waals surface area contributed by atoms with Crippen molar-refractivity contribution in [2.75, 3.05) is 0 Å². The average molecular weight is 425 g/mol. The Balaban J connectivity index is 2.02. The van der Waals surface area contributed by atoms with E-state index in [4.69, 9.17) is 0 Å². The lowest BCUT2D eigenvalue weighted by Gasteiger charge is -2.14. The van der Waals surface area contributed by atoms with Crippen molar-refractivity contribution in [3.8, 4) is 22.4 Å². The highest BCUT2D eigenvalue weighted by molar-refractivity contribution is 5.96. The van der Waals surface area contributed by atoms with Gasteiger partial charge in [-0.3, -0.25) is 9.59 Å². The van der Waals surface area contributed by atoms with Crippen LogP contribution in [0.1, 0.15) is 23.7 Å². The molecule has 0 unspecified atom stereocenters. The van der Waals surface area contributed by atoms with Crippen molar-refractivity contribution in [1.29, 1.82) is 0 Å². The molecule has 2 aromatic carbocycles. The lowest BCUT2D eigenvalue weighted by molar-refractivity contribution is 0.0987. The Kier molecular flexibility index (Phi) is 5.19. The Labute approximate surface area is 174 Å². The molecule has 0 fully saturated rings. The minimum Gasteiger partial charge on any atom is -0.316 e. The number of rotatable bonds is 4. The maximum absolute atomic E-state index is 14.9. The van der Waals surface area contributed by atoms with Gasteiger partial charge in [-0.15, -0.1) is 0 Å². The maximum atomic E-state index is 14.9. The van der Waals surface area contributed by atoms with Crippen molar-refractivity contribution in [3.05, 3.63) is 99.8 Å². The van der Waals surface area contributed by atoms with E-state index in [-0.39, 0.29) is 34.3 Å². The molecule has 156 valence electrons. The molecule has 2 aromatic heterocycles. The van der Waals surface area contributed by atoms with E-state index in [0.717, 1.165) is 30.3 Å². The highest BCUT2D eigenvalue weighted by Crippen LogP contribution is 2.31. The van der Waals surface area contributed by atoms with Crippen molar-refractivity contribution in [3.63, 3.8) is 0 Å². The van der Waals surface area contributed by atoms with Crippen LogP contribution in [0.5, 0.6) is 0 Å². The van der Waals surface area contributed by atoms with Gasteiger partial charge in [0.25, 0.3) is 0 Å². The van der Waals surface area contributed by atoms with Crippen LogP contribution in [-0.2, 0) is 0 Å². The smallest absolute Gasteiger partial charge is 0.190 e. The van der Waals surface area contributed by atoms with Gasteiger partial charge in [-0.1, -0.05) is 13.0 Å². The Morgan fingerprint density at radius 3 is 2.23 bits per heavy atom. The molecular weight excluding hydrogens is 410 g/mol. The first-order valence-corrected chi connectivity index (χ1v) is 9.44. The number of aromatic nitrogens is 1. The summed E-state index contributed by atoms with van der Waals surface area (Å²) in [4.78, 5) is 24.5. The van der Waals surface area contributed by atoms with Crippen LogP contribution >= 0.6 is 0 Å². The molecule has 3 nitrogen and oxygen atoms in total. The summed E-state index contributed by atoms with van der Waals surface area (Å²) in [5, 5.41) is 0. The van der Waals surface area contributed by atoms with Crippen LogP contribution in [-0.4, -0.2) is 10.2 Å².